The predicted molar refractivity (Wildman–Crippen MR) is 64.6 cm³/mol. The number of phenols is 1. The van der Waals surface area contributed by atoms with Gasteiger partial charge in [0.15, 0.2) is 0 Å². The van der Waals surface area contributed by atoms with Crippen molar-refractivity contribution in [1.82, 2.24) is 5.32 Å². The van der Waals surface area contributed by atoms with Crippen LogP contribution in [0.2, 0.25) is 0 Å². The van der Waals surface area contributed by atoms with Crippen LogP contribution in [0, 0.1) is 0 Å². The maximum absolute atomic E-state index is 10.8. The molecule has 0 bridgehead atoms. The molecule has 0 amide bonds. The lowest BCUT2D eigenvalue weighted by molar-refractivity contribution is 0.0139. The minimum Gasteiger partial charge on any atom is -0.507 e. The molecule has 6 nitrogen and oxygen atoms in total. The molecular formula is C12H17NO5. The fraction of sp³-hybridized carbons (Fsp3) is 0.417. The van der Waals surface area contributed by atoms with Crippen LogP contribution < -0.4 is 5.32 Å². The summed E-state index contributed by atoms with van der Waals surface area (Å²) in [6.45, 7) is 0.530. The molecule has 0 saturated carbocycles. The minimum absolute atomic E-state index is 0.258. The Labute approximate surface area is 105 Å². The van der Waals surface area contributed by atoms with E-state index in [1.807, 2.05) is 0 Å². The van der Waals surface area contributed by atoms with Crippen molar-refractivity contribution in [3.63, 3.8) is 0 Å². The molecule has 0 fully saturated rings. The summed E-state index contributed by atoms with van der Waals surface area (Å²) in [5.74, 6) is -1.66. The summed E-state index contributed by atoms with van der Waals surface area (Å²) in [5.41, 5.74) is -0.0406. The van der Waals surface area contributed by atoms with Crippen LogP contribution in [-0.4, -0.2) is 46.1 Å². The molecule has 2 atom stereocenters. The second kappa shape index (κ2) is 6.34. The van der Waals surface area contributed by atoms with E-state index in [1.165, 1.54) is 12.1 Å². The average Bonchev–Trinajstić information content (AvgIpc) is 2.35. The van der Waals surface area contributed by atoms with Gasteiger partial charge in [0.25, 0.3) is 0 Å². The van der Waals surface area contributed by atoms with Crippen molar-refractivity contribution in [2.75, 3.05) is 13.6 Å². The van der Waals surface area contributed by atoms with Crippen molar-refractivity contribution in [2.24, 2.45) is 0 Å². The number of rotatable bonds is 6. The van der Waals surface area contributed by atoms with Crippen LogP contribution in [0.4, 0.5) is 0 Å². The first kappa shape index (κ1) is 14.4. The normalized spacial score (nSPS) is 14.2. The highest BCUT2D eigenvalue weighted by Crippen LogP contribution is 2.25. The topological polar surface area (TPSA) is 110 Å². The summed E-state index contributed by atoms with van der Waals surface area (Å²) in [7, 11) is 1.72. The van der Waals surface area contributed by atoms with Crippen molar-refractivity contribution in [2.45, 2.75) is 18.6 Å². The molecule has 1 rings (SSSR count). The van der Waals surface area contributed by atoms with E-state index in [2.05, 4.69) is 5.32 Å². The van der Waals surface area contributed by atoms with Crippen LogP contribution in [0.1, 0.15) is 28.4 Å². The molecule has 1 aromatic rings. The van der Waals surface area contributed by atoms with Gasteiger partial charge in [0, 0.05) is 0 Å². The Balaban J connectivity index is 2.89. The molecule has 0 radical (unpaired) electrons. The lowest BCUT2D eigenvalue weighted by Gasteiger charge is -2.18. The molecular weight excluding hydrogens is 238 g/mol. The van der Waals surface area contributed by atoms with Crippen LogP contribution in [0.5, 0.6) is 5.75 Å². The Hall–Kier alpha value is -1.63. The number of aromatic hydroxyl groups is 1. The van der Waals surface area contributed by atoms with E-state index in [0.717, 1.165) is 6.07 Å². The fourth-order valence-electron chi connectivity index (χ4n) is 1.58. The summed E-state index contributed by atoms with van der Waals surface area (Å²) < 4.78 is 0. The van der Waals surface area contributed by atoms with Crippen LogP contribution in [0.15, 0.2) is 18.2 Å². The zero-order valence-corrected chi connectivity index (χ0v) is 10.00. The molecule has 0 aliphatic rings. The van der Waals surface area contributed by atoms with Gasteiger partial charge in [-0.3, -0.25) is 0 Å². The Morgan fingerprint density at radius 1 is 1.39 bits per heavy atom. The van der Waals surface area contributed by atoms with Gasteiger partial charge in [-0.2, -0.15) is 0 Å². The van der Waals surface area contributed by atoms with E-state index in [4.69, 9.17) is 5.11 Å². The van der Waals surface area contributed by atoms with Crippen LogP contribution in [0.3, 0.4) is 0 Å². The first-order chi connectivity index (χ1) is 8.47. The number of hydrogen-bond donors (Lipinski definition) is 5. The fourth-order valence-corrected chi connectivity index (χ4v) is 1.58. The van der Waals surface area contributed by atoms with Gasteiger partial charge in [-0.25, -0.2) is 4.79 Å². The Morgan fingerprint density at radius 3 is 2.61 bits per heavy atom. The molecule has 0 heterocycles. The van der Waals surface area contributed by atoms with Gasteiger partial charge in [-0.05, 0) is 37.7 Å². The molecule has 100 valence electrons. The van der Waals surface area contributed by atoms with E-state index < -0.39 is 18.2 Å². The number of aliphatic hydroxyl groups excluding tert-OH is 2. The molecule has 0 aliphatic carbocycles. The number of carboxylic acids is 1. The van der Waals surface area contributed by atoms with E-state index in [0.29, 0.717) is 13.0 Å². The third-order valence-electron chi connectivity index (χ3n) is 2.65. The number of carbonyl (C=O) groups is 1. The van der Waals surface area contributed by atoms with Crippen LogP contribution in [0.25, 0.3) is 0 Å². The standard InChI is InChI=1S/C12H17NO5/c1-13-5-4-10(15)11(16)7-2-3-9(14)8(6-7)12(17)18/h2-3,6,10-11,13-16H,4-5H2,1H3,(H,17,18). The number of hydrogen-bond acceptors (Lipinski definition) is 5. The minimum atomic E-state index is -1.29. The van der Waals surface area contributed by atoms with E-state index in [-0.39, 0.29) is 16.9 Å². The number of aromatic carboxylic acids is 1. The van der Waals surface area contributed by atoms with E-state index in [1.54, 1.807) is 7.05 Å². The van der Waals surface area contributed by atoms with Gasteiger partial charge >= 0.3 is 5.97 Å². The number of carboxylic acid groups (broad SMARTS) is 1. The lowest BCUT2D eigenvalue weighted by atomic mass is 9.99. The molecule has 0 saturated heterocycles. The number of benzene rings is 1. The van der Waals surface area contributed by atoms with Gasteiger partial charge in [0.05, 0.1) is 6.10 Å². The zero-order chi connectivity index (χ0) is 13.7. The molecule has 0 aromatic heterocycles. The highest BCUT2D eigenvalue weighted by atomic mass is 16.4. The maximum atomic E-state index is 10.8. The highest BCUT2D eigenvalue weighted by molar-refractivity contribution is 5.90. The summed E-state index contributed by atoms with van der Waals surface area (Å²) in [4.78, 5) is 10.8. The predicted octanol–water partition coefficient (Wildman–Crippen LogP) is 0.0942. The molecule has 0 aliphatic heterocycles. The smallest absolute Gasteiger partial charge is 0.339 e. The largest absolute Gasteiger partial charge is 0.507 e. The van der Waals surface area contributed by atoms with Crippen LogP contribution >= 0.6 is 0 Å². The summed E-state index contributed by atoms with van der Waals surface area (Å²) in [6.07, 6.45) is -1.85. The maximum Gasteiger partial charge on any atom is 0.339 e. The zero-order valence-electron chi connectivity index (χ0n) is 10.00. The number of aliphatic hydroxyl groups is 2. The van der Waals surface area contributed by atoms with E-state index in [9.17, 15) is 20.1 Å². The van der Waals surface area contributed by atoms with Crippen molar-refractivity contribution in [3.05, 3.63) is 29.3 Å². The lowest BCUT2D eigenvalue weighted by Crippen LogP contribution is -2.23. The summed E-state index contributed by atoms with van der Waals surface area (Å²) in [5, 5.41) is 40.6. The van der Waals surface area contributed by atoms with Gasteiger partial charge < -0.3 is 25.7 Å². The second-order valence-corrected chi connectivity index (χ2v) is 3.99. The third-order valence-corrected chi connectivity index (χ3v) is 2.65. The van der Waals surface area contributed by atoms with Crippen molar-refractivity contribution < 1.29 is 25.2 Å². The second-order valence-electron chi connectivity index (χ2n) is 3.99. The SMILES string of the molecule is CNCCC(O)C(O)c1ccc(O)c(C(=O)O)c1. The Kier molecular flexibility index (Phi) is 5.08. The van der Waals surface area contributed by atoms with Crippen molar-refractivity contribution >= 4 is 5.97 Å². The number of nitrogens with one attached hydrogen (secondary N) is 1. The highest BCUT2D eigenvalue weighted by Gasteiger charge is 2.20. The Morgan fingerprint density at radius 2 is 2.06 bits per heavy atom. The monoisotopic (exact) mass is 255 g/mol. The quantitative estimate of drug-likeness (QED) is 0.493. The first-order valence-corrected chi connectivity index (χ1v) is 5.54. The van der Waals surface area contributed by atoms with Crippen LogP contribution in [-0.2, 0) is 0 Å². The molecule has 5 N–H and O–H groups in total. The molecule has 2 unspecified atom stereocenters. The van der Waals surface area contributed by atoms with Gasteiger partial charge in [-0.15, -0.1) is 0 Å². The molecule has 0 spiro atoms. The first-order valence-electron chi connectivity index (χ1n) is 5.54. The van der Waals surface area contributed by atoms with Crippen molar-refractivity contribution in [3.8, 4) is 5.75 Å². The van der Waals surface area contributed by atoms with Gasteiger partial charge in [0.2, 0.25) is 0 Å². The van der Waals surface area contributed by atoms with Gasteiger partial charge in [-0.1, -0.05) is 6.07 Å². The van der Waals surface area contributed by atoms with Crippen molar-refractivity contribution in [1.29, 1.82) is 0 Å². The molecule has 18 heavy (non-hydrogen) atoms. The van der Waals surface area contributed by atoms with Gasteiger partial charge in [0.1, 0.15) is 17.4 Å². The summed E-state index contributed by atoms with van der Waals surface area (Å²) in [6, 6.07) is 3.73. The molecule has 6 heteroatoms. The summed E-state index contributed by atoms with van der Waals surface area (Å²) >= 11 is 0. The Bertz CT molecular complexity index is 421. The average molecular weight is 255 g/mol. The molecule has 1 aromatic carbocycles. The third kappa shape index (κ3) is 3.43. The van der Waals surface area contributed by atoms with E-state index >= 15 is 0 Å².